The van der Waals surface area contributed by atoms with Gasteiger partial charge in [-0.05, 0) is 51.2 Å². The molecular formula is C17H24F3N5OS. The largest absolute Gasteiger partial charge is 0.433 e. The van der Waals surface area contributed by atoms with Crippen molar-refractivity contribution in [3.05, 3.63) is 11.8 Å². The number of nitrogens with one attached hydrogen (secondary N) is 2. The summed E-state index contributed by atoms with van der Waals surface area (Å²) in [4.78, 5) is 9.79. The third-order valence-electron chi connectivity index (χ3n) is 4.84. The molecule has 0 aromatic carbocycles. The predicted octanol–water partition coefficient (Wildman–Crippen LogP) is 3.34. The van der Waals surface area contributed by atoms with E-state index in [0.717, 1.165) is 44.8 Å². The predicted molar refractivity (Wildman–Crippen MR) is 101 cm³/mol. The number of alkyl halides is 3. The molecule has 2 atom stereocenters. The number of piperidine rings is 1. The molecule has 0 unspecified atom stereocenters. The highest BCUT2D eigenvalue weighted by Gasteiger charge is 2.35. The maximum atomic E-state index is 13.3. The van der Waals surface area contributed by atoms with Crippen molar-refractivity contribution in [1.29, 1.82) is 0 Å². The van der Waals surface area contributed by atoms with Crippen LogP contribution < -0.4 is 15.5 Å². The van der Waals surface area contributed by atoms with Crippen molar-refractivity contribution < 1.29 is 17.9 Å². The van der Waals surface area contributed by atoms with Crippen LogP contribution in [0.1, 0.15) is 44.7 Å². The second-order valence-electron chi connectivity index (χ2n) is 6.94. The van der Waals surface area contributed by atoms with E-state index in [2.05, 4.69) is 20.6 Å². The Balaban J connectivity index is 1.74. The van der Waals surface area contributed by atoms with Crippen LogP contribution >= 0.6 is 12.2 Å². The molecular weight excluding hydrogens is 379 g/mol. The molecule has 0 spiro atoms. The van der Waals surface area contributed by atoms with Gasteiger partial charge in [-0.2, -0.15) is 18.2 Å². The summed E-state index contributed by atoms with van der Waals surface area (Å²) in [6.07, 6.45) is 0.372. The standard InChI is InChI=1S/C17H24F3N5OS/c1-11-5-2-3-7-25(11)14-9-13(17(18,19)20)22-15(23-14)24-16(27)21-10-12-6-4-8-26-12/h9,11-12H,2-8,10H2,1H3,(H2,21,22,23,24,27)/t11-,12+/m1/s1. The first kappa shape index (κ1) is 20.1. The molecule has 1 aromatic heterocycles. The van der Waals surface area contributed by atoms with E-state index in [1.165, 1.54) is 0 Å². The number of aromatic nitrogens is 2. The van der Waals surface area contributed by atoms with Crippen LogP contribution in [0.2, 0.25) is 0 Å². The first-order valence-corrected chi connectivity index (χ1v) is 9.63. The van der Waals surface area contributed by atoms with Crippen LogP contribution in [0, 0.1) is 0 Å². The van der Waals surface area contributed by atoms with Gasteiger partial charge >= 0.3 is 6.18 Å². The molecule has 10 heteroatoms. The molecule has 6 nitrogen and oxygen atoms in total. The third kappa shape index (κ3) is 5.41. The van der Waals surface area contributed by atoms with Crippen LogP contribution in [-0.4, -0.2) is 46.9 Å². The van der Waals surface area contributed by atoms with Crippen LogP contribution in [0.5, 0.6) is 0 Å². The van der Waals surface area contributed by atoms with Crippen LogP contribution in [0.4, 0.5) is 24.9 Å². The lowest BCUT2D eigenvalue weighted by Gasteiger charge is -2.34. The first-order chi connectivity index (χ1) is 12.8. The highest BCUT2D eigenvalue weighted by molar-refractivity contribution is 7.80. The van der Waals surface area contributed by atoms with Gasteiger partial charge in [-0.1, -0.05) is 0 Å². The number of anilines is 2. The summed E-state index contributed by atoms with van der Waals surface area (Å²) in [5.41, 5.74) is -0.977. The van der Waals surface area contributed by atoms with Gasteiger partial charge in [0.25, 0.3) is 0 Å². The van der Waals surface area contributed by atoms with E-state index in [1.807, 2.05) is 11.8 Å². The summed E-state index contributed by atoms with van der Waals surface area (Å²) in [5.74, 6) is 0.122. The fraction of sp³-hybridized carbons (Fsp3) is 0.706. The highest BCUT2D eigenvalue weighted by atomic mass is 32.1. The molecule has 3 rings (SSSR count). The fourth-order valence-corrected chi connectivity index (χ4v) is 3.55. The zero-order chi connectivity index (χ0) is 19.4. The van der Waals surface area contributed by atoms with Gasteiger partial charge in [0.1, 0.15) is 5.82 Å². The van der Waals surface area contributed by atoms with Crippen molar-refractivity contribution in [2.75, 3.05) is 29.9 Å². The maximum absolute atomic E-state index is 13.3. The molecule has 2 N–H and O–H groups in total. The Bertz CT molecular complexity index is 666. The minimum Gasteiger partial charge on any atom is -0.376 e. The van der Waals surface area contributed by atoms with E-state index in [-0.39, 0.29) is 29.0 Å². The molecule has 0 aliphatic carbocycles. The molecule has 3 heterocycles. The fourth-order valence-electron chi connectivity index (χ4n) is 3.38. The minimum absolute atomic E-state index is 0.0666. The van der Waals surface area contributed by atoms with Crippen molar-refractivity contribution >= 4 is 29.1 Å². The number of nitrogens with zero attached hydrogens (tertiary/aromatic N) is 3. The van der Waals surface area contributed by atoms with Crippen molar-refractivity contribution in [2.45, 2.75) is 57.3 Å². The SMILES string of the molecule is C[C@@H]1CCCCN1c1cc(C(F)(F)F)nc(NC(=S)NC[C@@H]2CCCO2)n1. The van der Waals surface area contributed by atoms with Crippen LogP contribution in [0.3, 0.4) is 0 Å². The van der Waals surface area contributed by atoms with E-state index in [1.54, 1.807) is 0 Å². The smallest absolute Gasteiger partial charge is 0.376 e. The average Bonchev–Trinajstić information content (AvgIpc) is 3.13. The minimum atomic E-state index is -4.56. The molecule has 0 amide bonds. The lowest BCUT2D eigenvalue weighted by atomic mass is 10.0. The molecule has 27 heavy (non-hydrogen) atoms. The summed E-state index contributed by atoms with van der Waals surface area (Å²) >= 11 is 5.18. The number of thiocarbonyl (C=S) groups is 1. The Kier molecular flexibility index (Phi) is 6.36. The van der Waals surface area contributed by atoms with E-state index in [9.17, 15) is 13.2 Å². The molecule has 1 aromatic rings. The highest BCUT2D eigenvalue weighted by Crippen LogP contribution is 2.32. The molecule has 0 saturated carbocycles. The Labute approximate surface area is 161 Å². The number of hydrogen-bond acceptors (Lipinski definition) is 5. The molecule has 150 valence electrons. The monoisotopic (exact) mass is 403 g/mol. The summed E-state index contributed by atoms with van der Waals surface area (Å²) in [5, 5.41) is 5.83. The molecule has 0 radical (unpaired) electrons. The number of hydrogen-bond donors (Lipinski definition) is 2. The molecule has 2 saturated heterocycles. The Morgan fingerprint density at radius 3 is 2.78 bits per heavy atom. The summed E-state index contributed by atoms with van der Waals surface area (Å²) in [7, 11) is 0. The molecule has 0 bridgehead atoms. The van der Waals surface area contributed by atoms with E-state index in [0.29, 0.717) is 13.1 Å². The van der Waals surface area contributed by atoms with Gasteiger partial charge in [0, 0.05) is 31.8 Å². The second-order valence-corrected chi connectivity index (χ2v) is 7.35. The van der Waals surface area contributed by atoms with Gasteiger partial charge in [0.15, 0.2) is 10.8 Å². The quantitative estimate of drug-likeness (QED) is 0.748. The topological polar surface area (TPSA) is 62.3 Å². The lowest BCUT2D eigenvalue weighted by Crippen LogP contribution is -2.39. The van der Waals surface area contributed by atoms with Crippen LogP contribution in [-0.2, 0) is 10.9 Å². The second kappa shape index (κ2) is 8.55. The van der Waals surface area contributed by atoms with E-state index >= 15 is 0 Å². The van der Waals surface area contributed by atoms with Gasteiger partial charge in [-0.25, -0.2) is 4.98 Å². The molecule has 2 fully saturated rings. The Hall–Kier alpha value is -1.68. The van der Waals surface area contributed by atoms with Crippen LogP contribution in [0.15, 0.2) is 6.07 Å². The number of ether oxygens (including phenoxy) is 1. The lowest BCUT2D eigenvalue weighted by molar-refractivity contribution is -0.141. The Morgan fingerprint density at radius 2 is 2.11 bits per heavy atom. The zero-order valence-corrected chi connectivity index (χ0v) is 16.0. The summed E-state index contributed by atoms with van der Waals surface area (Å²) in [6.45, 7) is 3.90. The van der Waals surface area contributed by atoms with E-state index < -0.39 is 11.9 Å². The number of rotatable bonds is 4. The van der Waals surface area contributed by atoms with Crippen molar-refractivity contribution in [2.24, 2.45) is 0 Å². The van der Waals surface area contributed by atoms with Gasteiger partial charge < -0.3 is 20.3 Å². The Morgan fingerprint density at radius 1 is 1.30 bits per heavy atom. The summed E-state index contributed by atoms with van der Waals surface area (Å²) in [6, 6.07) is 1.14. The normalized spacial score (nSPS) is 23.3. The van der Waals surface area contributed by atoms with Crippen molar-refractivity contribution in [1.82, 2.24) is 15.3 Å². The first-order valence-electron chi connectivity index (χ1n) is 9.22. The third-order valence-corrected chi connectivity index (χ3v) is 5.09. The zero-order valence-electron chi connectivity index (χ0n) is 15.2. The van der Waals surface area contributed by atoms with Gasteiger partial charge in [0.05, 0.1) is 6.10 Å². The van der Waals surface area contributed by atoms with Crippen molar-refractivity contribution in [3.63, 3.8) is 0 Å². The van der Waals surface area contributed by atoms with E-state index in [4.69, 9.17) is 17.0 Å². The molecule has 2 aliphatic heterocycles. The van der Waals surface area contributed by atoms with Gasteiger partial charge in [-0.3, -0.25) is 0 Å². The van der Waals surface area contributed by atoms with Crippen LogP contribution in [0.25, 0.3) is 0 Å². The summed E-state index contributed by atoms with van der Waals surface area (Å²) < 4.78 is 45.4. The van der Waals surface area contributed by atoms with Gasteiger partial charge in [-0.15, -0.1) is 0 Å². The maximum Gasteiger partial charge on any atom is 0.433 e. The van der Waals surface area contributed by atoms with Gasteiger partial charge in [0.2, 0.25) is 5.95 Å². The van der Waals surface area contributed by atoms with Crippen molar-refractivity contribution in [3.8, 4) is 0 Å². The molecule has 2 aliphatic rings. The number of halogens is 3. The average molecular weight is 403 g/mol.